The molecule has 25 heavy (non-hydrogen) atoms. The third-order valence-electron chi connectivity index (χ3n) is 3.88. The maximum atomic E-state index is 12.2. The molecule has 1 N–H and O–H groups in total. The quantitative estimate of drug-likeness (QED) is 0.747. The van der Waals surface area contributed by atoms with E-state index in [4.69, 9.17) is 21.1 Å². The lowest BCUT2D eigenvalue weighted by Gasteiger charge is -2.16. The van der Waals surface area contributed by atoms with E-state index in [0.29, 0.717) is 22.9 Å². The molecular formula is C16H20ClNO6S. The van der Waals surface area contributed by atoms with E-state index in [0.717, 1.165) is 0 Å². The molecule has 138 valence electrons. The first-order chi connectivity index (χ1) is 11.7. The van der Waals surface area contributed by atoms with Crippen molar-refractivity contribution in [3.05, 3.63) is 23.2 Å². The largest absolute Gasteiger partial charge is 0.495 e. The molecule has 0 saturated carbocycles. The predicted octanol–water partition coefficient (Wildman–Crippen LogP) is 2.04. The van der Waals surface area contributed by atoms with Crippen molar-refractivity contribution in [2.75, 3.05) is 23.9 Å². The number of halogens is 1. The maximum Gasteiger partial charge on any atom is 0.306 e. The van der Waals surface area contributed by atoms with Crippen LogP contribution >= 0.6 is 11.6 Å². The number of hydrogen-bond acceptors (Lipinski definition) is 6. The summed E-state index contributed by atoms with van der Waals surface area (Å²) in [6.07, 6.45) is -0.607. The molecule has 0 radical (unpaired) electrons. The Bertz CT molecular complexity index is 764. The van der Waals surface area contributed by atoms with E-state index in [9.17, 15) is 18.0 Å². The zero-order chi connectivity index (χ0) is 18.6. The average molecular weight is 390 g/mol. The normalized spacial score (nSPS) is 19.9. The fourth-order valence-electron chi connectivity index (χ4n) is 2.58. The average Bonchev–Trinajstić information content (AvgIpc) is 2.86. The molecule has 2 atom stereocenters. The number of hydrogen-bond donors (Lipinski definition) is 1. The minimum absolute atomic E-state index is 0.0115. The summed E-state index contributed by atoms with van der Waals surface area (Å²) in [6.45, 7) is 1.44. The van der Waals surface area contributed by atoms with Gasteiger partial charge in [-0.25, -0.2) is 8.42 Å². The van der Waals surface area contributed by atoms with Gasteiger partial charge < -0.3 is 14.8 Å². The van der Waals surface area contributed by atoms with E-state index in [-0.39, 0.29) is 23.8 Å². The summed E-state index contributed by atoms with van der Waals surface area (Å²) in [5.74, 6) is -0.873. The van der Waals surface area contributed by atoms with Crippen molar-refractivity contribution in [3.8, 4) is 5.75 Å². The fraction of sp³-hybridized carbons (Fsp3) is 0.500. The number of methoxy groups -OCH3 is 1. The van der Waals surface area contributed by atoms with Crippen LogP contribution in [0.3, 0.4) is 0 Å². The first kappa shape index (κ1) is 19.5. The third kappa shape index (κ3) is 5.61. The lowest BCUT2D eigenvalue weighted by molar-refractivity contribution is -0.153. The van der Waals surface area contributed by atoms with E-state index in [1.54, 1.807) is 12.1 Å². The van der Waals surface area contributed by atoms with Crippen LogP contribution in [0, 0.1) is 5.92 Å². The Labute approximate surface area is 151 Å². The van der Waals surface area contributed by atoms with Gasteiger partial charge >= 0.3 is 5.97 Å². The van der Waals surface area contributed by atoms with Gasteiger partial charge in [-0.05, 0) is 37.5 Å². The summed E-state index contributed by atoms with van der Waals surface area (Å²) in [5.41, 5.74) is 0.366. The molecule has 1 aromatic rings. The van der Waals surface area contributed by atoms with Crippen molar-refractivity contribution in [2.45, 2.75) is 25.9 Å². The van der Waals surface area contributed by atoms with E-state index in [1.807, 2.05) is 0 Å². The number of rotatable bonds is 6. The van der Waals surface area contributed by atoms with Crippen LogP contribution in [0.2, 0.25) is 5.02 Å². The molecule has 1 aliphatic rings. The Kier molecular flexibility index (Phi) is 6.29. The van der Waals surface area contributed by atoms with Crippen molar-refractivity contribution in [1.82, 2.24) is 0 Å². The van der Waals surface area contributed by atoms with Crippen molar-refractivity contribution in [2.24, 2.45) is 5.92 Å². The van der Waals surface area contributed by atoms with Gasteiger partial charge in [0.05, 0.1) is 24.3 Å². The lowest BCUT2D eigenvalue weighted by atomic mass is 10.1. The lowest BCUT2D eigenvalue weighted by Crippen LogP contribution is -2.30. The first-order valence-corrected chi connectivity index (χ1v) is 9.94. The predicted molar refractivity (Wildman–Crippen MR) is 93.6 cm³/mol. The van der Waals surface area contributed by atoms with Gasteiger partial charge in [0.1, 0.15) is 5.75 Å². The molecule has 1 fully saturated rings. The summed E-state index contributed by atoms with van der Waals surface area (Å²) in [7, 11) is -1.60. The van der Waals surface area contributed by atoms with Gasteiger partial charge in [-0.3, -0.25) is 9.59 Å². The monoisotopic (exact) mass is 389 g/mol. The van der Waals surface area contributed by atoms with Gasteiger partial charge in [0, 0.05) is 11.4 Å². The minimum atomic E-state index is -3.05. The Morgan fingerprint density at radius 2 is 2.12 bits per heavy atom. The van der Waals surface area contributed by atoms with Gasteiger partial charge in [-0.2, -0.15) is 0 Å². The highest BCUT2D eigenvalue weighted by Gasteiger charge is 2.30. The molecule has 9 heteroatoms. The molecule has 1 amide bonds. The van der Waals surface area contributed by atoms with Crippen LogP contribution in [0.4, 0.5) is 5.69 Å². The van der Waals surface area contributed by atoms with Crippen LogP contribution in [-0.4, -0.2) is 45.0 Å². The molecule has 0 bridgehead atoms. The molecule has 7 nitrogen and oxygen atoms in total. The summed E-state index contributed by atoms with van der Waals surface area (Å²) in [6, 6.07) is 4.75. The summed E-state index contributed by atoms with van der Waals surface area (Å²) >= 11 is 5.90. The van der Waals surface area contributed by atoms with Gasteiger partial charge in [0.2, 0.25) is 0 Å². The number of amides is 1. The Morgan fingerprint density at radius 1 is 1.40 bits per heavy atom. The first-order valence-electron chi connectivity index (χ1n) is 7.74. The van der Waals surface area contributed by atoms with Crippen LogP contribution in [0.25, 0.3) is 0 Å². The Hall–Kier alpha value is -1.80. The molecule has 2 rings (SSSR count). The van der Waals surface area contributed by atoms with Gasteiger partial charge in [-0.1, -0.05) is 11.6 Å². The number of carbonyl (C=O) groups excluding carboxylic acids is 2. The molecular weight excluding hydrogens is 370 g/mol. The van der Waals surface area contributed by atoms with Gasteiger partial charge in [0.25, 0.3) is 5.91 Å². The topological polar surface area (TPSA) is 98.8 Å². The number of sulfone groups is 1. The Morgan fingerprint density at radius 3 is 2.72 bits per heavy atom. The van der Waals surface area contributed by atoms with Crippen molar-refractivity contribution >= 4 is 39.0 Å². The fourth-order valence-corrected chi connectivity index (χ4v) is 4.61. The molecule has 0 aliphatic carbocycles. The number of carbonyl (C=O) groups is 2. The molecule has 0 unspecified atom stereocenters. The second-order valence-corrected chi connectivity index (χ2v) is 8.60. The molecule has 1 saturated heterocycles. The number of nitrogens with one attached hydrogen (secondary N) is 1. The molecule has 0 spiro atoms. The second-order valence-electron chi connectivity index (χ2n) is 5.94. The van der Waals surface area contributed by atoms with Gasteiger partial charge in [0.15, 0.2) is 15.9 Å². The minimum Gasteiger partial charge on any atom is -0.495 e. The highest BCUT2D eigenvalue weighted by Crippen LogP contribution is 2.28. The van der Waals surface area contributed by atoms with Crippen LogP contribution in [-0.2, 0) is 24.2 Å². The van der Waals surface area contributed by atoms with Crippen LogP contribution in [0.1, 0.15) is 19.8 Å². The summed E-state index contributed by atoms with van der Waals surface area (Å²) < 4.78 is 33.0. The maximum absolute atomic E-state index is 12.2. The molecule has 0 aromatic heterocycles. The van der Waals surface area contributed by atoms with E-state index < -0.39 is 27.8 Å². The SMILES string of the molecule is COc1ccc(Cl)cc1NC(=O)[C@H](C)OC(=O)C[C@@H]1CCS(=O)(=O)C1. The van der Waals surface area contributed by atoms with Crippen LogP contribution in [0.5, 0.6) is 5.75 Å². The number of benzene rings is 1. The molecule has 1 aliphatic heterocycles. The van der Waals surface area contributed by atoms with Crippen molar-refractivity contribution < 1.29 is 27.5 Å². The number of ether oxygens (including phenoxy) is 2. The van der Waals surface area contributed by atoms with Crippen molar-refractivity contribution in [3.63, 3.8) is 0 Å². The van der Waals surface area contributed by atoms with Gasteiger partial charge in [-0.15, -0.1) is 0 Å². The number of anilines is 1. The summed E-state index contributed by atoms with van der Waals surface area (Å²) in [5, 5.41) is 3.01. The smallest absolute Gasteiger partial charge is 0.306 e. The summed E-state index contributed by atoms with van der Waals surface area (Å²) in [4.78, 5) is 24.1. The highest BCUT2D eigenvalue weighted by atomic mass is 35.5. The van der Waals surface area contributed by atoms with E-state index >= 15 is 0 Å². The van der Waals surface area contributed by atoms with E-state index in [1.165, 1.54) is 20.1 Å². The molecule has 1 aromatic carbocycles. The molecule has 1 heterocycles. The zero-order valence-corrected chi connectivity index (χ0v) is 15.5. The van der Waals surface area contributed by atoms with Crippen LogP contribution < -0.4 is 10.1 Å². The van der Waals surface area contributed by atoms with Crippen molar-refractivity contribution in [1.29, 1.82) is 0 Å². The third-order valence-corrected chi connectivity index (χ3v) is 5.95. The zero-order valence-electron chi connectivity index (χ0n) is 14.0. The highest BCUT2D eigenvalue weighted by molar-refractivity contribution is 7.91. The standard InChI is InChI=1S/C16H20ClNO6S/c1-10(24-15(19)7-11-5-6-25(21,22)9-11)16(20)18-13-8-12(17)3-4-14(13)23-2/h3-4,8,10-11H,5-7,9H2,1-2H3,(H,18,20)/t10-,11-/m0/s1. The van der Waals surface area contributed by atoms with Crippen LogP contribution in [0.15, 0.2) is 18.2 Å². The van der Waals surface area contributed by atoms with E-state index in [2.05, 4.69) is 5.32 Å². The second kappa shape index (κ2) is 8.05. The number of esters is 1. The Balaban J connectivity index is 1.90.